The summed E-state index contributed by atoms with van der Waals surface area (Å²) in [6.45, 7) is 3.68. The second-order valence-corrected chi connectivity index (χ2v) is 4.57. The Balaban J connectivity index is 1.89. The van der Waals surface area contributed by atoms with Crippen molar-refractivity contribution in [1.82, 2.24) is 5.32 Å². The highest BCUT2D eigenvalue weighted by Crippen LogP contribution is 2.19. The lowest BCUT2D eigenvalue weighted by atomic mass is 10.0. The molecule has 0 saturated carbocycles. The summed E-state index contributed by atoms with van der Waals surface area (Å²) in [7, 11) is 0. The highest BCUT2D eigenvalue weighted by Gasteiger charge is 2.05. The van der Waals surface area contributed by atoms with Crippen molar-refractivity contribution >= 4 is 11.9 Å². The number of esters is 1. The Morgan fingerprint density at radius 3 is 2.27 bits per heavy atom. The summed E-state index contributed by atoms with van der Waals surface area (Å²) < 4.78 is 4.78. The quantitative estimate of drug-likeness (QED) is 0.506. The average Bonchev–Trinajstić information content (AvgIpc) is 2.59. The van der Waals surface area contributed by atoms with Crippen molar-refractivity contribution in [1.29, 1.82) is 0 Å². The van der Waals surface area contributed by atoms with E-state index in [-0.39, 0.29) is 19.1 Å². The smallest absolute Gasteiger partial charge is 0.330 e. The van der Waals surface area contributed by atoms with Crippen molar-refractivity contribution in [2.75, 3.05) is 13.2 Å². The van der Waals surface area contributed by atoms with E-state index >= 15 is 0 Å². The Morgan fingerprint density at radius 1 is 1.00 bits per heavy atom. The van der Waals surface area contributed by atoms with Crippen molar-refractivity contribution < 1.29 is 14.3 Å². The number of hydrogen-bond acceptors (Lipinski definition) is 3. The minimum atomic E-state index is -0.499. The summed E-state index contributed by atoms with van der Waals surface area (Å²) in [6.07, 6.45) is 1.09. The molecule has 4 heteroatoms. The number of hydrogen-bond donors (Lipinski definition) is 1. The van der Waals surface area contributed by atoms with Crippen molar-refractivity contribution in [2.45, 2.75) is 0 Å². The van der Waals surface area contributed by atoms with E-state index in [1.807, 2.05) is 42.5 Å². The molecule has 22 heavy (non-hydrogen) atoms. The van der Waals surface area contributed by atoms with Crippen LogP contribution in [0, 0.1) is 0 Å². The third-order valence-corrected chi connectivity index (χ3v) is 3.05. The summed E-state index contributed by atoms with van der Waals surface area (Å²) >= 11 is 0. The molecule has 0 fully saturated rings. The van der Waals surface area contributed by atoms with Gasteiger partial charge in [0.1, 0.15) is 6.61 Å². The van der Waals surface area contributed by atoms with Crippen LogP contribution in [0.4, 0.5) is 0 Å². The molecule has 2 aromatic carbocycles. The van der Waals surface area contributed by atoms with Crippen LogP contribution >= 0.6 is 0 Å². The number of nitrogens with one attached hydrogen (secondary N) is 1. The van der Waals surface area contributed by atoms with Gasteiger partial charge in [0, 0.05) is 11.6 Å². The number of ether oxygens (including phenoxy) is 1. The summed E-state index contributed by atoms with van der Waals surface area (Å²) in [5.74, 6) is -0.698. The molecule has 112 valence electrons. The molecule has 0 aromatic heterocycles. The Hall–Kier alpha value is -2.88. The minimum Gasteiger partial charge on any atom is -0.461 e. The van der Waals surface area contributed by atoms with E-state index in [2.05, 4.69) is 11.9 Å². The maximum Gasteiger partial charge on any atom is 0.330 e. The van der Waals surface area contributed by atoms with Crippen LogP contribution in [0.15, 0.2) is 67.3 Å². The molecule has 0 unspecified atom stereocenters. The number of carbonyl (C=O) groups excluding carboxylic acids is 2. The largest absolute Gasteiger partial charge is 0.461 e. The Labute approximate surface area is 129 Å². The van der Waals surface area contributed by atoms with Crippen LogP contribution < -0.4 is 5.32 Å². The van der Waals surface area contributed by atoms with Crippen LogP contribution in [-0.4, -0.2) is 25.0 Å². The second kappa shape index (κ2) is 7.78. The Morgan fingerprint density at radius 2 is 1.64 bits per heavy atom. The van der Waals surface area contributed by atoms with E-state index in [0.29, 0.717) is 5.56 Å². The predicted molar refractivity (Wildman–Crippen MR) is 85.4 cm³/mol. The topological polar surface area (TPSA) is 55.4 Å². The molecule has 0 aliphatic rings. The molecule has 0 radical (unpaired) electrons. The maximum atomic E-state index is 11.9. The minimum absolute atomic E-state index is 0.124. The molecule has 0 bridgehead atoms. The molecule has 4 nitrogen and oxygen atoms in total. The van der Waals surface area contributed by atoms with E-state index in [1.54, 1.807) is 12.1 Å². The lowest BCUT2D eigenvalue weighted by Crippen LogP contribution is -2.27. The van der Waals surface area contributed by atoms with Crippen LogP contribution in [0.2, 0.25) is 0 Å². The zero-order valence-corrected chi connectivity index (χ0v) is 12.1. The molecule has 0 heterocycles. The number of rotatable bonds is 6. The number of amides is 1. The van der Waals surface area contributed by atoms with Crippen LogP contribution in [0.1, 0.15) is 10.4 Å². The normalized spacial score (nSPS) is 9.82. The lowest BCUT2D eigenvalue weighted by Gasteiger charge is -2.07. The van der Waals surface area contributed by atoms with Crippen molar-refractivity contribution in [3.05, 3.63) is 72.8 Å². The average molecular weight is 295 g/mol. The zero-order valence-electron chi connectivity index (χ0n) is 12.1. The summed E-state index contributed by atoms with van der Waals surface area (Å²) in [4.78, 5) is 22.8. The van der Waals surface area contributed by atoms with Gasteiger partial charge in [0.15, 0.2) is 0 Å². The molecule has 0 aliphatic carbocycles. The first kappa shape index (κ1) is 15.5. The van der Waals surface area contributed by atoms with E-state index in [1.165, 1.54) is 0 Å². The molecule has 1 amide bonds. The molecule has 0 aliphatic heterocycles. The van der Waals surface area contributed by atoms with Gasteiger partial charge in [0.25, 0.3) is 5.91 Å². The maximum absolute atomic E-state index is 11.9. The van der Waals surface area contributed by atoms with Crippen molar-refractivity contribution in [2.24, 2.45) is 0 Å². The first-order valence-corrected chi connectivity index (χ1v) is 6.93. The molecule has 0 saturated heterocycles. The van der Waals surface area contributed by atoms with Gasteiger partial charge in [-0.3, -0.25) is 4.79 Å². The monoisotopic (exact) mass is 295 g/mol. The fraction of sp³-hybridized carbons (Fsp3) is 0.111. The van der Waals surface area contributed by atoms with Crippen molar-refractivity contribution in [3.63, 3.8) is 0 Å². The van der Waals surface area contributed by atoms with E-state index < -0.39 is 5.97 Å². The molecule has 1 N–H and O–H groups in total. The van der Waals surface area contributed by atoms with E-state index in [0.717, 1.165) is 17.2 Å². The number of carbonyl (C=O) groups is 2. The Kier molecular flexibility index (Phi) is 5.49. The van der Waals surface area contributed by atoms with Gasteiger partial charge in [0.2, 0.25) is 0 Å². The summed E-state index contributed by atoms with van der Waals surface area (Å²) in [5.41, 5.74) is 2.72. The standard InChI is InChI=1S/C18H17NO3/c1-2-17(20)22-13-12-19-18(21)16-10-8-15(9-11-16)14-6-4-3-5-7-14/h2-11H,1,12-13H2,(H,19,21). The molecule has 0 spiro atoms. The Bertz CT molecular complexity index is 648. The van der Waals surface area contributed by atoms with Gasteiger partial charge < -0.3 is 10.1 Å². The van der Waals surface area contributed by atoms with Crippen LogP contribution in [-0.2, 0) is 9.53 Å². The van der Waals surface area contributed by atoms with E-state index in [9.17, 15) is 9.59 Å². The number of benzene rings is 2. The lowest BCUT2D eigenvalue weighted by molar-refractivity contribution is -0.137. The van der Waals surface area contributed by atoms with Gasteiger partial charge in [0.05, 0.1) is 6.54 Å². The predicted octanol–water partition coefficient (Wildman–Crippen LogP) is 2.81. The van der Waals surface area contributed by atoms with Gasteiger partial charge >= 0.3 is 5.97 Å². The second-order valence-electron chi connectivity index (χ2n) is 4.57. The van der Waals surface area contributed by atoms with Gasteiger partial charge in [-0.25, -0.2) is 4.79 Å². The zero-order chi connectivity index (χ0) is 15.8. The third kappa shape index (κ3) is 4.31. The van der Waals surface area contributed by atoms with Crippen LogP contribution in [0.5, 0.6) is 0 Å². The summed E-state index contributed by atoms with van der Waals surface area (Å²) in [5, 5.41) is 2.69. The highest BCUT2D eigenvalue weighted by atomic mass is 16.5. The summed E-state index contributed by atoms with van der Waals surface area (Å²) in [6, 6.07) is 17.3. The fourth-order valence-corrected chi connectivity index (χ4v) is 1.92. The molecular formula is C18H17NO3. The first-order valence-electron chi connectivity index (χ1n) is 6.93. The third-order valence-electron chi connectivity index (χ3n) is 3.05. The molecular weight excluding hydrogens is 278 g/mol. The molecule has 2 rings (SSSR count). The highest BCUT2D eigenvalue weighted by molar-refractivity contribution is 5.94. The molecule has 2 aromatic rings. The SMILES string of the molecule is C=CC(=O)OCCNC(=O)c1ccc(-c2ccccc2)cc1. The fourth-order valence-electron chi connectivity index (χ4n) is 1.92. The van der Waals surface area contributed by atoms with Gasteiger partial charge in [-0.05, 0) is 23.3 Å². The van der Waals surface area contributed by atoms with Gasteiger partial charge in [-0.2, -0.15) is 0 Å². The molecule has 0 atom stereocenters. The van der Waals surface area contributed by atoms with Gasteiger partial charge in [-0.15, -0.1) is 0 Å². The van der Waals surface area contributed by atoms with Gasteiger partial charge in [-0.1, -0.05) is 49.0 Å². The van der Waals surface area contributed by atoms with Crippen molar-refractivity contribution in [3.8, 4) is 11.1 Å². The van der Waals surface area contributed by atoms with E-state index in [4.69, 9.17) is 4.74 Å². The van der Waals surface area contributed by atoms with Crippen LogP contribution in [0.25, 0.3) is 11.1 Å². The van der Waals surface area contributed by atoms with Crippen LogP contribution in [0.3, 0.4) is 0 Å². The first-order chi connectivity index (χ1) is 10.7.